The Balaban J connectivity index is 3.67. The predicted octanol–water partition coefficient (Wildman–Crippen LogP) is 2.62. The van der Waals surface area contributed by atoms with E-state index < -0.39 is 41.1 Å². The maximum absolute atomic E-state index is 12.4. The summed E-state index contributed by atoms with van der Waals surface area (Å²) < 4.78 is 46.2. The number of hydrogen-bond donors (Lipinski definition) is 0. The van der Waals surface area contributed by atoms with Crippen LogP contribution in [0.4, 0.5) is 14.5 Å². The molecular formula is C6H2BrClF2N2O4S. The van der Waals surface area contributed by atoms with E-state index in [-0.39, 0.29) is 0 Å². The molecule has 0 N–H and O–H groups in total. The van der Waals surface area contributed by atoms with Gasteiger partial charge in [0.05, 0.1) is 4.92 Å². The molecule has 1 rings (SSSR count). The molecule has 0 radical (unpaired) electrons. The van der Waals surface area contributed by atoms with E-state index in [4.69, 9.17) is 10.7 Å². The summed E-state index contributed by atoms with van der Waals surface area (Å²) in [5.74, 6) is 0. The van der Waals surface area contributed by atoms with Gasteiger partial charge in [0.25, 0.3) is 15.5 Å². The number of halogens is 4. The maximum Gasteiger partial charge on any atom is 0.312 e. The lowest BCUT2D eigenvalue weighted by Crippen LogP contribution is -2.04. The maximum atomic E-state index is 12.4. The Kier molecular flexibility index (Phi) is 3.99. The summed E-state index contributed by atoms with van der Waals surface area (Å²) in [6.45, 7) is 0. The Morgan fingerprint density at radius 3 is 2.41 bits per heavy atom. The van der Waals surface area contributed by atoms with Crippen LogP contribution in [0.5, 0.6) is 0 Å². The first-order valence-corrected chi connectivity index (χ1v) is 6.82. The Hall–Kier alpha value is -0.870. The summed E-state index contributed by atoms with van der Waals surface area (Å²) in [6.07, 6.45) is -2.68. The minimum Gasteiger partial charge on any atom is -0.258 e. The highest BCUT2D eigenvalue weighted by Gasteiger charge is 2.31. The molecule has 94 valence electrons. The summed E-state index contributed by atoms with van der Waals surface area (Å²) >= 11 is 2.56. The number of hydrogen-bond acceptors (Lipinski definition) is 5. The number of aromatic nitrogens is 1. The van der Waals surface area contributed by atoms with Crippen molar-refractivity contribution in [2.24, 2.45) is 0 Å². The van der Waals surface area contributed by atoms with Gasteiger partial charge in [-0.2, -0.15) is 0 Å². The number of nitrogens with zero attached hydrogens (tertiary/aromatic N) is 2. The quantitative estimate of drug-likeness (QED) is 0.474. The topological polar surface area (TPSA) is 90.2 Å². The van der Waals surface area contributed by atoms with Crippen LogP contribution in [0.3, 0.4) is 0 Å². The first kappa shape index (κ1) is 14.2. The molecule has 1 aromatic rings. The largest absolute Gasteiger partial charge is 0.312 e. The first-order chi connectivity index (χ1) is 7.66. The molecule has 1 aromatic heterocycles. The van der Waals surface area contributed by atoms with Crippen molar-refractivity contribution >= 4 is 41.4 Å². The van der Waals surface area contributed by atoms with Crippen molar-refractivity contribution in [1.29, 1.82) is 0 Å². The molecule has 0 aliphatic carbocycles. The van der Waals surface area contributed by atoms with E-state index in [1.54, 1.807) is 0 Å². The fraction of sp³-hybridized carbons (Fsp3) is 0.167. The second kappa shape index (κ2) is 4.78. The fourth-order valence-corrected chi connectivity index (χ4v) is 3.19. The zero-order valence-electron chi connectivity index (χ0n) is 7.60. The van der Waals surface area contributed by atoms with Crippen LogP contribution < -0.4 is 0 Å². The van der Waals surface area contributed by atoms with Crippen molar-refractivity contribution in [3.05, 3.63) is 26.5 Å². The molecule has 0 saturated heterocycles. The van der Waals surface area contributed by atoms with Gasteiger partial charge in [0.1, 0.15) is 9.37 Å². The van der Waals surface area contributed by atoms with Crippen molar-refractivity contribution in [2.75, 3.05) is 0 Å². The Labute approximate surface area is 106 Å². The third kappa shape index (κ3) is 2.87. The third-order valence-corrected chi connectivity index (χ3v) is 4.04. The molecule has 0 fully saturated rings. The molecule has 0 amide bonds. The summed E-state index contributed by atoms with van der Waals surface area (Å²) in [4.78, 5) is 11.7. The van der Waals surface area contributed by atoms with Crippen molar-refractivity contribution < 1.29 is 22.1 Å². The van der Waals surface area contributed by atoms with E-state index in [2.05, 4.69) is 20.9 Å². The highest BCUT2D eigenvalue weighted by atomic mass is 79.9. The Morgan fingerprint density at radius 2 is 2.06 bits per heavy atom. The Morgan fingerprint density at radius 1 is 1.53 bits per heavy atom. The number of pyridine rings is 1. The van der Waals surface area contributed by atoms with E-state index in [0.29, 0.717) is 6.20 Å². The fourth-order valence-electron chi connectivity index (χ4n) is 0.978. The van der Waals surface area contributed by atoms with Crippen LogP contribution in [-0.2, 0) is 9.05 Å². The minimum absolute atomic E-state index is 0.529. The molecule has 0 spiro atoms. The van der Waals surface area contributed by atoms with Crippen molar-refractivity contribution in [3.63, 3.8) is 0 Å². The average Bonchev–Trinajstić information content (AvgIpc) is 2.13. The molecular weight excluding hydrogens is 349 g/mol. The van der Waals surface area contributed by atoms with Gasteiger partial charge in [-0.25, -0.2) is 22.2 Å². The average molecular weight is 352 g/mol. The van der Waals surface area contributed by atoms with Gasteiger partial charge in [-0.1, -0.05) is 0 Å². The molecule has 0 aliphatic heterocycles. The molecule has 17 heavy (non-hydrogen) atoms. The van der Waals surface area contributed by atoms with E-state index in [1.807, 2.05) is 0 Å². The first-order valence-electron chi connectivity index (χ1n) is 3.72. The van der Waals surface area contributed by atoms with Gasteiger partial charge in [-0.05, 0) is 15.9 Å². The van der Waals surface area contributed by atoms with Crippen molar-refractivity contribution in [3.8, 4) is 0 Å². The van der Waals surface area contributed by atoms with Crippen LogP contribution in [0.2, 0.25) is 0 Å². The standard InChI is InChI=1S/C6H2BrClF2N2O4S/c7-3-2(17(8,15)16)1-11-4(6(9)10)5(3)12(13)14/h1,6H. The van der Waals surface area contributed by atoms with E-state index in [0.717, 1.165) is 0 Å². The van der Waals surface area contributed by atoms with Crippen molar-refractivity contribution in [1.82, 2.24) is 4.98 Å². The molecule has 0 aromatic carbocycles. The highest BCUT2D eigenvalue weighted by molar-refractivity contribution is 9.10. The lowest BCUT2D eigenvalue weighted by atomic mass is 10.3. The molecule has 0 aliphatic rings. The number of nitro groups is 1. The summed E-state index contributed by atoms with van der Waals surface area (Å²) in [5.41, 5.74) is -2.26. The molecule has 11 heteroatoms. The monoisotopic (exact) mass is 350 g/mol. The SMILES string of the molecule is O=[N+]([O-])c1c(C(F)F)ncc(S(=O)(=O)Cl)c1Br. The normalized spacial score (nSPS) is 11.8. The van der Waals surface area contributed by atoms with Gasteiger partial charge in [0, 0.05) is 16.9 Å². The van der Waals surface area contributed by atoms with Gasteiger partial charge in [-0.15, -0.1) is 0 Å². The summed E-state index contributed by atoms with van der Waals surface area (Å²) in [6, 6.07) is 0. The predicted molar refractivity (Wildman–Crippen MR) is 56.6 cm³/mol. The van der Waals surface area contributed by atoms with Crippen LogP contribution in [0.15, 0.2) is 15.6 Å². The van der Waals surface area contributed by atoms with E-state index >= 15 is 0 Å². The van der Waals surface area contributed by atoms with Gasteiger partial charge < -0.3 is 0 Å². The number of alkyl halides is 2. The Bertz CT molecular complexity index is 580. The van der Waals surface area contributed by atoms with Crippen LogP contribution in [0, 0.1) is 10.1 Å². The van der Waals surface area contributed by atoms with Gasteiger partial charge in [0.15, 0.2) is 5.69 Å². The molecule has 0 saturated carbocycles. The molecule has 1 heterocycles. The molecule has 0 bridgehead atoms. The smallest absolute Gasteiger partial charge is 0.258 e. The highest BCUT2D eigenvalue weighted by Crippen LogP contribution is 2.38. The molecule has 0 atom stereocenters. The van der Waals surface area contributed by atoms with Crippen LogP contribution in [0.25, 0.3) is 0 Å². The third-order valence-electron chi connectivity index (χ3n) is 1.64. The molecule has 0 unspecified atom stereocenters. The second-order valence-corrected chi connectivity index (χ2v) is 5.99. The van der Waals surface area contributed by atoms with Crippen molar-refractivity contribution in [2.45, 2.75) is 11.3 Å². The zero-order valence-corrected chi connectivity index (χ0v) is 10.8. The zero-order chi connectivity index (χ0) is 13.4. The van der Waals surface area contributed by atoms with Gasteiger partial charge >= 0.3 is 5.69 Å². The van der Waals surface area contributed by atoms with E-state index in [1.165, 1.54) is 0 Å². The summed E-state index contributed by atoms with van der Waals surface area (Å²) in [7, 11) is 0.646. The second-order valence-electron chi connectivity index (χ2n) is 2.67. The molecule has 6 nitrogen and oxygen atoms in total. The number of rotatable bonds is 3. The van der Waals surface area contributed by atoms with Crippen LogP contribution in [0.1, 0.15) is 12.1 Å². The minimum atomic E-state index is -4.32. The van der Waals surface area contributed by atoms with Gasteiger partial charge in [0.2, 0.25) is 0 Å². The summed E-state index contributed by atoms with van der Waals surface area (Å²) in [5, 5.41) is 10.6. The lowest BCUT2D eigenvalue weighted by Gasteiger charge is -2.05. The van der Waals surface area contributed by atoms with Crippen LogP contribution in [-0.4, -0.2) is 18.3 Å². The van der Waals surface area contributed by atoms with E-state index in [9.17, 15) is 27.3 Å². The lowest BCUT2D eigenvalue weighted by molar-refractivity contribution is -0.387. The van der Waals surface area contributed by atoms with Gasteiger partial charge in [-0.3, -0.25) is 10.1 Å². The van der Waals surface area contributed by atoms with Crippen LogP contribution >= 0.6 is 26.6 Å².